The molecule has 6 nitrogen and oxygen atoms in total. The lowest BCUT2D eigenvalue weighted by Gasteiger charge is -2.03. The molecule has 2 heterocycles. The normalized spacial score (nSPS) is 11.0. The van der Waals surface area contributed by atoms with E-state index in [-0.39, 0.29) is 5.56 Å². The molecule has 6 heteroatoms. The standard InChI is InChI=1S/C15H15N3O3/c1-20-9-11-7-14(19)18-15(17-11)13(8-16-18)10-3-5-12(21-2)6-4-10/h3-8,16H,9H2,1-2H3. The van der Waals surface area contributed by atoms with Gasteiger partial charge in [-0.3, -0.25) is 9.89 Å². The van der Waals surface area contributed by atoms with Crippen molar-refractivity contribution in [1.82, 2.24) is 14.6 Å². The van der Waals surface area contributed by atoms with Crippen molar-refractivity contribution in [2.45, 2.75) is 6.61 Å². The van der Waals surface area contributed by atoms with Crippen LogP contribution in [0.25, 0.3) is 16.8 Å². The van der Waals surface area contributed by atoms with E-state index in [1.54, 1.807) is 20.4 Å². The van der Waals surface area contributed by atoms with Crippen molar-refractivity contribution in [3.8, 4) is 16.9 Å². The minimum atomic E-state index is -0.160. The molecule has 0 aliphatic rings. The minimum Gasteiger partial charge on any atom is -0.497 e. The molecular weight excluding hydrogens is 270 g/mol. The first-order valence-corrected chi connectivity index (χ1v) is 6.46. The third-order valence-corrected chi connectivity index (χ3v) is 3.24. The van der Waals surface area contributed by atoms with Gasteiger partial charge in [-0.05, 0) is 17.7 Å². The third kappa shape index (κ3) is 2.41. The van der Waals surface area contributed by atoms with Crippen molar-refractivity contribution in [3.05, 3.63) is 52.6 Å². The fourth-order valence-electron chi connectivity index (χ4n) is 2.23. The predicted molar refractivity (Wildman–Crippen MR) is 78.5 cm³/mol. The summed E-state index contributed by atoms with van der Waals surface area (Å²) >= 11 is 0. The Kier molecular flexibility index (Phi) is 3.45. The van der Waals surface area contributed by atoms with Gasteiger partial charge in [0.2, 0.25) is 0 Å². The van der Waals surface area contributed by atoms with Gasteiger partial charge >= 0.3 is 0 Å². The number of methoxy groups -OCH3 is 2. The summed E-state index contributed by atoms with van der Waals surface area (Å²) in [5.41, 5.74) is 2.84. The van der Waals surface area contributed by atoms with E-state index in [0.29, 0.717) is 17.9 Å². The smallest absolute Gasteiger partial charge is 0.272 e. The minimum absolute atomic E-state index is 0.160. The van der Waals surface area contributed by atoms with Gasteiger partial charge in [0.1, 0.15) is 5.75 Å². The number of aromatic amines is 1. The van der Waals surface area contributed by atoms with Crippen LogP contribution >= 0.6 is 0 Å². The van der Waals surface area contributed by atoms with E-state index in [2.05, 4.69) is 10.1 Å². The van der Waals surface area contributed by atoms with Gasteiger partial charge in [0.05, 0.1) is 19.4 Å². The number of fused-ring (bicyclic) bond motifs is 1. The van der Waals surface area contributed by atoms with Gasteiger partial charge in [0.25, 0.3) is 5.56 Å². The molecule has 1 aromatic carbocycles. The molecule has 3 aromatic rings. The maximum absolute atomic E-state index is 12.0. The third-order valence-electron chi connectivity index (χ3n) is 3.24. The summed E-state index contributed by atoms with van der Waals surface area (Å²) in [4.78, 5) is 16.5. The molecule has 2 aromatic heterocycles. The molecule has 3 rings (SSSR count). The fourth-order valence-corrected chi connectivity index (χ4v) is 2.23. The Hall–Kier alpha value is -2.60. The van der Waals surface area contributed by atoms with Crippen LogP contribution in [-0.2, 0) is 11.3 Å². The molecule has 0 amide bonds. The number of nitrogens with one attached hydrogen (secondary N) is 1. The Morgan fingerprint density at radius 2 is 2.00 bits per heavy atom. The average molecular weight is 285 g/mol. The largest absolute Gasteiger partial charge is 0.497 e. The zero-order valence-electron chi connectivity index (χ0n) is 11.8. The number of ether oxygens (including phenoxy) is 2. The van der Waals surface area contributed by atoms with E-state index in [9.17, 15) is 4.79 Å². The predicted octanol–water partition coefficient (Wildman–Crippen LogP) is 1.84. The Bertz CT molecular complexity index is 818. The summed E-state index contributed by atoms with van der Waals surface area (Å²) in [6.45, 7) is 0.305. The highest BCUT2D eigenvalue weighted by molar-refractivity contribution is 5.77. The van der Waals surface area contributed by atoms with E-state index in [0.717, 1.165) is 16.9 Å². The van der Waals surface area contributed by atoms with E-state index in [4.69, 9.17) is 9.47 Å². The molecule has 0 atom stereocenters. The Morgan fingerprint density at radius 3 is 2.67 bits per heavy atom. The van der Waals surface area contributed by atoms with Crippen LogP contribution < -0.4 is 10.3 Å². The number of rotatable bonds is 4. The van der Waals surface area contributed by atoms with E-state index >= 15 is 0 Å². The number of hydrogen-bond acceptors (Lipinski definition) is 4. The maximum atomic E-state index is 12.0. The lowest BCUT2D eigenvalue weighted by atomic mass is 10.1. The quantitative estimate of drug-likeness (QED) is 0.794. The van der Waals surface area contributed by atoms with Crippen LogP contribution in [0.15, 0.2) is 41.3 Å². The van der Waals surface area contributed by atoms with Gasteiger partial charge in [-0.2, -0.15) is 0 Å². The molecule has 0 spiro atoms. The van der Waals surface area contributed by atoms with Gasteiger partial charge in [-0.15, -0.1) is 0 Å². The molecule has 1 N–H and O–H groups in total. The Balaban J connectivity index is 2.15. The molecule has 0 bridgehead atoms. The zero-order valence-corrected chi connectivity index (χ0v) is 11.8. The van der Waals surface area contributed by atoms with E-state index in [1.807, 2.05) is 24.3 Å². The van der Waals surface area contributed by atoms with Gasteiger partial charge < -0.3 is 9.47 Å². The molecule has 0 radical (unpaired) electrons. The summed E-state index contributed by atoms with van der Waals surface area (Å²) in [6, 6.07) is 9.06. The van der Waals surface area contributed by atoms with Gasteiger partial charge in [-0.1, -0.05) is 12.1 Å². The van der Waals surface area contributed by atoms with Crippen molar-refractivity contribution in [2.75, 3.05) is 14.2 Å². The maximum Gasteiger partial charge on any atom is 0.272 e. The number of nitrogens with zero attached hydrogens (tertiary/aromatic N) is 2. The Labute approximate surface area is 120 Å². The summed E-state index contributed by atoms with van der Waals surface area (Å²) in [5, 5.41) is 2.92. The summed E-state index contributed by atoms with van der Waals surface area (Å²) in [7, 11) is 3.20. The summed E-state index contributed by atoms with van der Waals surface area (Å²) in [5.74, 6) is 0.781. The summed E-state index contributed by atoms with van der Waals surface area (Å²) in [6.07, 6.45) is 1.77. The molecule has 0 saturated heterocycles. The van der Waals surface area contributed by atoms with Gasteiger partial charge in [-0.25, -0.2) is 9.50 Å². The van der Waals surface area contributed by atoms with Crippen molar-refractivity contribution in [3.63, 3.8) is 0 Å². The van der Waals surface area contributed by atoms with Crippen LogP contribution in [-0.4, -0.2) is 28.8 Å². The summed E-state index contributed by atoms with van der Waals surface area (Å²) < 4.78 is 11.6. The molecule has 0 unspecified atom stereocenters. The fraction of sp³-hybridized carbons (Fsp3) is 0.200. The van der Waals surface area contributed by atoms with Crippen LogP contribution in [0.5, 0.6) is 5.75 Å². The van der Waals surface area contributed by atoms with Gasteiger partial charge in [0, 0.05) is 24.9 Å². The van der Waals surface area contributed by atoms with Crippen molar-refractivity contribution in [2.24, 2.45) is 0 Å². The van der Waals surface area contributed by atoms with E-state index < -0.39 is 0 Å². The number of hydrogen-bond donors (Lipinski definition) is 1. The van der Waals surface area contributed by atoms with Crippen molar-refractivity contribution < 1.29 is 9.47 Å². The van der Waals surface area contributed by atoms with Crippen LogP contribution in [0.2, 0.25) is 0 Å². The topological polar surface area (TPSA) is 68.6 Å². The second kappa shape index (κ2) is 5.41. The lowest BCUT2D eigenvalue weighted by molar-refractivity contribution is 0.181. The lowest BCUT2D eigenvalue weighted by Crippen LogP contribution is -2.15. The molecular formula is C15H15N3O3. The molecule has 21 heavy (non-hydrogen) atoms. The number of benzene rings is 1. The first-order chi connectivity index (χ1) is 10.2. The van der Waals surface area contributed by atoms with Crippen LogP contribution in [0, 0.1) is 0 Å². The first kappa shape index (κ1) is 13.4. The van der Waals surface area contributed by atoms with Crippen LogP contribution in [0.3, 0.4) is 0 Å². The molecule has 0 aliphatic heterocycles. The van der Waals surface area contributed by atoms with Crippen molar-refractivity contribution >= 4 is 5.65 Å². The Morgan fingerprint density at radius 1 is 1.24 bits per heavy atom. The molecule has 0 saturated carbocycles. The highest BCUT2D eigenvalue weighted by Gasteiger charge is 2.10. The monoisotopic (exact) mass is 285 g/mol. The molecule has 0 fully saturated rings. The van der Waals surface area contributed by atoms with Crippen LogP contribution in [0.1, 0.15) is 5.69 Å². The number of aromatic nitrogens is 3. The average Bonchev–Trinajstić information content (AvgIpc) is 2.92. The highest BCUT2D eigenvalue weighted by Crippen LogP contribution is 2.24. The zero-order chi connectivity index (χ0) is 14.8. The van der Waals surface area contributed by atoms with Crippen molar-refractivity contribution in [1.29, 1.82) is 0 Å². The second-order valence-corrected chi connectivity index (χ2v) is 4.59. The highest BCUT2D eigenvalue weighted by atomic mass is 16.5. The van der Waals surface area contributed by atoms with Gasteiger partial charge in [0.15, 0.2) is 5.65 Å². The van der Waals surface area contributed by atoms with E-state index in [1.165, 1.54) is 10.6 Å². The molecule has 0 aliphatic carbocycles. The first-order valence-electron chi connectivity index (χ1n) is 6.46. The molecule has 108 valence electrons. The number of H-pyrrole nitrogens is 1. The second-order valence-electron chi connectivity index (χ2n) is 4.59. The SMILES string of the molecule is COCc1cc(=O)n2[nH]cc(-c3ccc(OC)cc3)c2n1. The van der Waals surface area contributed by atoms with Crippen LogP contribution in [0.4, 0.5) is 0 Å².